The van der Waals surface area contributed by atoms with Crippen LogP contribution in [0.15, 0.2) is 50.6 Å². The lowest BCUT2D eigenvalue weighted by Gasteiger charge is -2.37. The van der Waals surface area contributed by atoms with Gasteiger partial charge in [-0.15, -0.1) is 26.3 Å². The second-order valence-electron chi connectivity index (χ2n) is 5.02. The molecule has 0 aliphatic heterocycles. The number of hydrogen-bond acceptors (Lipinski definition) is 1. The molecule has 1 nitrogen and oxygen atoms in total. The predicted molar refractivity (Wildman–Crippen MR) is 84.3 cm³/mol. The van der Waals surface area contributed by atoms with Crippen molar-refractivity contribution in [3.63, 3.8) is 0 Å². The van der Waals surface area contributed by atoms with E-state index in [4.69, 9.17) is 4.12 Å². The molecule has 17 heavy (non-hydrogen) atoms. The Morgan fingerprint density at radius 2 is 1.12 bits per heavy atom. The highest BCUT2D eigenvalue weighted by atomic mass is 28.4. The lowest BCUT2D eigenvalue weighted by Crippen LogP contribution is -2.47. The van der Waals surface area contributed by atoms with Crippen LogP contribution in [0.1, 0.15) is 0 Å². The summed E-state index contributed by atoms with van der Waals surface area (Å²) in [6.07, 6.45) is 7.92. The number of allylic oxidation sites excluding steroid dienone is 4. The van der Waals surface area contributed by atoms with Crippen LogP contribution >= 0.6 is 0 Å². The molecule has 96 valence electrons. The third-order valence-electron chi connectivity index (χ3n) is 2.68. The van der Waals surface area contributed by atoms with Crippen molar-refractivity contribution < 1.29 is 4.12 Å². The van der Waals surface area contributed by atoms with Gasteiger partial charge in [0.15, 0.2) is 16.6 Å². The average molecular weight is 267 g/mol. The van der Waals surface area contributed by atoms with Crippen molar-refractivity contribution in [3.8, 4) is 0 Å². The van der Waals surface area contributed by atoms with Crippen molar-refractivity contribution in [1.29, 1.82) is 0 Å². The third kappa shape index (κ3) is 6.00. The number of hydrogen-bond donors (Lipinski definition) is 0. The molecular weight excluding hydrogens is 240 g/mol. The first-order valence-electron chi connectivity index (χ1n) is 6.09. The summed E-state index contributed by atoms with van der Waals surface area (Å²) in [5.74, 6) is 0. The molecule has 0 bridgehead atoms. The molecule has 0 N–H and O–H groups in total. The van der Waals surface area contributed by atoms with E-state index in [2.05, 4.69) is 39.4 Å². The molecule has 3 heteroatoms. The van der Waals surface area contributed by atoms with E-state index in [9.17, 15) is 0 Å². The molecule has 0 aromatic heterocycles. The van der Waals surface area contributed by atoms with Gasteiger partial charge in [-0.2, -0.15) is 0 Å². The first-order chi connectivity index (χ1) is 7.95. The van der Waals surface area contributed by atoms with Crippen LogP contribution in [-0.4, -0.2) is 16.6 Å². The third-order valence-corrected chi connectivity index (χ3v) is 11.0. The molecule has 0 radical (unpaired) electrons. The molecule has 0 fully saturated rings. The Bertz CT molecular complexity index is 255. The van der Waals surface area contributed by atoms with E-state index in [1.807, 2.05) is 24.3 Å². The fraction of sp³-hybridized carbons (Fsp3) is 0.429. The van der Waals surface area contributed by atoms with E-state index in [1.54, 1.807) is 0 Å². The van der Waals surface area contributed by atoms with Crippen LogP contribution in [0.4, 0.5) is 0 Å². The second-order valence-corrected chi connectivity index (χ2v) is 13.4. The topological polar surface area (TPSA) is 9.23 Å². The summed E-state index contributed by atoms with van der Waals surface area (Å²) >= 11 is 0. The molecule has 0 atom stereocenters. The molecule has 0 aliphatic rings. The highest BCUT2D eigenvalue weighted by molar-refractivity contribution is 6.86. The average Bonchev–Trinajstić information content (AvgIpc) is 2.17. The van der Waals surface area contributed by atoms with Crippen LogP contribution in [-0.2, 0) is 4.12 Å². The molecule has 0 aromatic rings. The Morgan fingerprint density at radius 3 is 1.41 bits per heavy atom. The Labute approximate surface area is 109 Å². The fourth-order valence-electron chi connectivity index (χ4n) is 2.14. The first kappa shape index (κ1) is 16.4. The molecule has 0 unspecified atom stereocenters. The lowest BCUT2D eigenvalue weighted by molar-refractivity contribution is 0.537. The van der Waals surface area contributed by atoms with Gasteiger partial charge in [0.2, 0.25) is 0 Å². The van der Waals surface area contributed by atoms with E-state index >= 15 is 0 Å². The van der Waals surface area contributed by atoms with Crippen LogP contribution < -0.4 is 0 Å². The maximum atomic E-state index is 6.58. The van der Waals surface area contributed by atoms with Gasteiger partial charge in [-0.3, -0.25) is 0 Å². The van der Waals surface area contributed by atoms with Crippen molar-refractivity contribution in [3.05, 3.63) is 50.6 Å². The maximum Gasteiger partial charge on any atom is 0.190 e. The van der Waals surface area contributed by atoms with Gasteiger partial charge in [-0.25, -0.2) is 0 Å². The Hall–Kier alpha value is -0.646. The fourth-order valence-corrected chi connectivity index (χ4v) is 10.9. The lowest BCUT2D eigenvalue weighted by atomic mass is 10.7. The van der Waals surface area contributed by atoms with Crippen molar-refractivity contribution in [1.82, 2.24) is 0 Å². The molecule has 0 saturated carbocycles. The Kier molecular flexibility index (Phi) is 7.35. The van der Waals surface area contributed by atoms with E-state index in [0.717, 1.165) is 24.2 Å². The second kappa shape index (κ2) is 7.64. The quantitative estimate of drug-likeness (QED) is 0.404. The van der Waals surface area contributed by atoms with Crippen LogP contribution in [0.25, 0.3) is 0 Å². The monoisotopic (exact) mass is 266 g/mol. The minimum Gasteiger partial charge on any atom is -0.454 e. The maximum absolute atomic E-state index is 6.58. The van der Waals surface area contributed by atoms with Gasteiger partial charge < -0.3 is 4.12 Å². The highest BCUT2D eigenvalue weighted by Crippen LogP contribution is 2.29. The molecule has 0 rings (SSSR count). The van der Waals surface area contributed by atoms with Crippen molar-refractivity contribution in [2.45, 2.75) is 37.3 Å². The zero-order valence-electron chi connectivity index (χ0n) is 11.4. The largest absolute Gasteiger partial charge is 0.454 e. The van der Waals surface area contributed by atoms with E-state index in [0.29, 0.717) is 0 Å². The summed E-state index contributed by atoms with van der Waals surface area (Å²) in [6, 6.07) is 3.91. The smallest absolute Gasteiger partial charge is 0.190 e. The Balaban J connectivity index is 4.97. The van der Waals surface area contributed by atoms with Gasteiger partial charge in [0.05, 0.1) is 0 Å². The summed E-state index contributed by atoms with van der Waals surface area (Å²) in [6.45, 7) is 19.9. The molecular formula is C14H26OSi2. The summed E-state index contributed by atoms with van der Waals surface area (Å²) in [4.78, 5) is 0. The van der Waals surface area contributed by atoms with E-state index in [-0.39, 0.29) is 0 Å². The number of rotatable bonds is 10. The van der Waals surface area contributed by atoms with E-state index in [1.165, 1.54) is 0 Å². The molecule has 0 aromatic carbocycles. The molecule has 0 aliphatic carbocycles. The van der Waals surface area contributed by atoms with Gasteiger partial charge in [-0.1, -0.05) is 24.3 Å². The van der Waals surface area contributed by atoms with Gasteiger partial charge in [0.1, 0.15) is 0 Å². The van der Waals surface area contributed by atoms with Crippen molar-refractivity contribution in [2.24, 2.45) is 0 Å². The summed E-state index contributed by atoms with van der Waals surface area (Å²) in [7, 11) is -3.46. The van der Waals surface area contributed by atoms with Crippen LogP contribution in [0.3, 0.4) is 0 Å². The first-order valence-corrected chi connectivity index (χ1v) is 11.7. The van der Waals surface area contributed by atoms with Crippen molar-refractivity contribution in [2.75, 3.05) is 0 Å². The zero-order chi connectivity index (χ0) is 13.4. The molecule has 0 amide bonds. The SMILES string of the molecule is C=CC[Si](C)(C)O[Si](CC=C)(CC=C)CC=C. The van der Waals surface area contributed by atoms with Crippen LogP contribution in [0, 0.1) is 0 Å². The molecule has 0 saturated heterocycles. The van der Waals surface area contributed by atoms with Gasteiger partial charge in [0, 0.05) is 0 Å². The minimum atomic E-state index is -1.81. The zero-order valence-corrected chi connectivity index (χ0v) is 13.4. The Morgan fingerprint density at radius 1 is 0.765 bits per heavy atom. The van der Waals surface area contributed by atoms with Crippen LogP contribution in [0.5, 0.6) is 0 Å². The van der Waals surface area contributed by atoms with Gasteiger partial charge in [-0.05, 0) is 37.3 Å². The predicted octanol–water partition coefficient (Wildman–Crippen LogP) is 4.90. The van der Waals surface area contributed by atoms with E-state index < -0.39 is 16.6 Å². The minimum absolute atomic E-state index is 0.971. The summed E-state index contributed by atoms with van der Waals surface area (Å²) in [5.41, 5.74) is 0. The normalized spacial score (nSPS) is 11.9. The van der Waals surface area contributed by atoms with Gasteiger partial charge in [0.25, 0.3) is 0 Å². The summed E-state index contributed by atoms with van der Waals surface area (Å²) < 4.78 is 6.58. The molecule has 0 spiro atoms. The molecule has 0 heterocycles. The van der Waals surface area contributed by atoms with Crippen LogP contribution in [0.2, 0.25) is 37.3 Å². The summed E-state index contributed by atoms with van der Waals surface area (Å²) in [5, 5.41) is 0. The highest BCUT2D eigenvalue weighted by Gasteiger charge is 2.37. The van der Waals surface area contributed by atoms with Crippen molar-refractivity contribution >= 4 is 16.6 Å². The standard InChI is InChI=1S/C14H26OSi2/c1-7-11-16(5,6)15-17(12-8-2,13-9-3)14-10-4/h7-10H,1-4,11-14H2,5-6H3. The van der Waals surface area contributed by atoms with Gasteiger partial charge >= 0.3 is 0 Å².